The van der Waals surface area contributed by atoms with Gasteiger partial charge in [-0.1, -0.05) is 51.2 Å². The topological polar surface area (TPSA) is 92.3 Å². The van der Waals surface area contributed by atoms with Crippen molar-refractivity contribution in [3.05, 3.63) is 40.9 Å². The Kier molecular flexibility index (Phi) is 7.23. The van der Waals surface area contributed by atoms with Crippen LogP contribution in [-0.4, -0.2) is 41.9 Å². The van der Waals surface area contributed by atoms with E-state index in [2.05, 4.69) is 15.5 Å². The number of aromatic nitrogens is 2. The molecule has 7 nitrogen and oxygen atoms in total. The zero-order chi connectivity index (χ0) is 20.0. The van der Waals surface area contributed by atoms with Crippen molar-refractivity contribution in [1.82, 2.24) is 14.5 Å². The minimum absolute atomic E-state index is 0.239. The molecule has 0 aliphatic carbocycles. The van der Waals surface area contributed by atoms with Crippen molar-refractivity contribution in [2.45, 2.75) is 38.5 Å². The van der Waals surface area contributed by atoms with E-state index in [1.807, 2.05) is 13.8 Å². The summed E-state index contributed by atoms with van der Waals surface area (Å²) in [5.74, 6) is -0.0591. The fourth-order valence-corrected chi connectivity index (χ4v) is 4.51. The van der Waals surface area contributed by atoms with Crippen molar-refractivity contribution < 1.29 is 13.2 Å². The number of nitrogens with one attached hydrogen (secondary N) is 1. The van der Waals surface area contributed by atoms with E-state index in [0.29, 0.717) is 18.2 Å². The molecule has 0 saturated carbocycles. The second-order valence-corrected chi connectivity index (χ2v) is 9.03. The summed E-state index contributed by atoms with van der Waals surface area (Å²) < 4.78 is 26.3. The molecular weight excluding hydrogens is 384 g/mol. The number of hydrogen-bond acceptors (Lipinski definition) is 6. The monoisotopic (exact) mass is 408 g/mol. The molecular formula is C18H24N4O3S2. The van der Waals surface area contributed by atoms with E-state index in [1.54, 1.807) is 44.2 Å². The second-order valence-electron chi connectivity index (χ2n) is 6.08. The summed E-state index contributed by atoms with van der Waals surface area (Å²) in [6.45, 7) is 8.47. The Hall–Kier alpha value is -2.10. The van der Waals surface area contributed by atoms with Crippen molar-refractivity contribution in [1.29, 1.82) is 0 Å². The third kappa shape index (κ3) is 5.44. The SMILES string of the molecule is CCN(CC)S(=O)(=O)c1ccc(/C=C/C(=O)Nc2nnc(C(C)C)s2)cc1. The highest BCUT2D eigenvalue weighted by Gasteiger charge is 2.20. The van der Waals surface area contributed by atoms with Gasteiger partial charge in [0.2, 0.25) is 21.1 Å². The maximum Gasteiger partial charge on any atom is 0.250 e. The standard InChI is InChI=1S/C18H24N4O3S2/c1-5-22(6-2)27(24,25)15-10-7-14(8-11-15)9-12-16(23)19-18-21-20-17(26-18)13(3)4/h7-13H,5-6H2,1-4H3,(H,19,21,23)/b12-9+. The van der Waals surface area contributed by atoms with Crippen LogP contribution in [0.15, 0.2) is 35.2 Å². The molecule has 0 radical (unpaired) electrons. The Balaban J connectivity index is 2.03. The summed E-state index contributed by atoms with van der Waals surface area (Å²) >= 11 is 1.34. The van der Waals surface area contributed by atoms with Gasteiger partial charge in [0.15, 0.2) is 0 Å². The molecule has 1 heterocycles. The molecule has 0 unspecified atom stereocenters. The largest absolute Gasteiger partial charge is 0.297 e. The lowest BCUT2D eigenvalue weighted by Crippen LogP contribution is -2.30. The molecule has 0 spiro atoms. The summed E-state index contributed by atoms with van der Waals surface area (Å²) in [5.41, 5.74) is 0.726. The molecule has 9 heteroatoms. The van der Waals surface area contributed by atoms with Gasteiger partial charge in [0.05, 0.1) is 4.90 Å². The first-order valence-electron chi connectivity index (χ1n) is 8.70. The minimum atomic E-state index is -3.48. The molecule has 146 valence electrons. The maximum absolute atomic E-state index is 12.5. The molecule has 0 aliphatic heterocycles. The van der Waals surface area contributed by atoms with Crippen LogP contribution in [0.3, 0.4) is 0 Å². The Morgan fingerprint density at radius 3 is 2.33 bits per heavy atom. The van der Waals surface area contributed by atoms with E-state index in [4.69, 9.17) is 0 Å². The van der Waals surface area contributed by atoms with Crippen molar-refractivity contribution in [2.75, 3.05) is 18.4 Å². The summed E-state index contributed by atoms with van der Waals surface area (Å²) in [6, 6.07) is 6.43. The fraction of sp³-hybridized carbons (Fsp3) is 0.389. The molecule has 1 aromatic carbocycles. The Morgan fingerprint density at radius 2 is 1.81 bits per heavy atom. The van der Waals surface area contributed by atoms with Gasteiger partial charge < -0.3 is 0 Å². The quantitative estimate of drug-likeness (QED) is 0.676. The van der Waals surface area contributed by atoms with E-state index in [-0.39, 0.29) is 16.7 Å². The summed E-state index contributed by atoms with van der Waals surface area (Å²) in [5, 5.41) is 11.9. The fourth-order valence-electron chi connectivity index (χ4n) is 2.30. The molecule has 0 saturated heterocycles. The zero-order valence-electron chi connectivity index (χ0n) is 15.8. The Labute approximate surface area is 164 Å². The first kappa shape index (κ1) is 21.2. The van der Waals surface area contributed by atoms with Gasteiger partial charge in [0.25, 0.3) is 0 Å². The van der Waals surface area contributed by atoms with Crippen LogP contribution in [0.1, 0.15) is 44.2 Å². The second kappa shape index (κ2) is 9.20. The molecule has 0 fully saturated rings. The number of rotatable bonds is 8. The highest BCUT2D eigenvalue weighted by molar-refractivity contribution is 7.89. The molecule has 1 amide bonds. The van der Waals surface area contributed by atoms with Crippen LogP contribution in [0.2, 0.25) is 0 Å². The number of benzene rings is 1. The highest BCUT2D eigenvalue weighted by Crippen LogP contribution is 2.22. The molecule has 2 rings (SSSR count). The predicted molar refractivity (Wildman–Crippen MR) is 108 cm³/mol. The lowest BCUT2D eigenvalue weighted by Gasteiger charge is -2.18. The number of anilines is 1. The van der Waals surface area contributed by atoms with E-state index in [9.17, 15) is 13.2 Å². The molecule has 27 heavy (non-hydrogen) atoms. The number of amides is 1. The average molecular weight is 409 g/mol. The molecule has 2 aromatic rings. The Morgan fingerprint density at radius 1 is 1.19 bits per heavy atom. The van der Waals surface area contributed by atoms with Gasteiger partial charge in [0.1, 0.15) is 5.01 Å². The molecule has 1 aromatic heterocycles. The van der Waals surface area contributed by atoms with Crippen LogP contribution in [0.4, 0.5) is 5.13 Å². The lowest BCUT2D eigenvalue weighted by molar-refractivity contribution is -0.111. The normalized spacial score (nSPS) is 12.2. The third-order valence-corrected chi connectivity index (χ3v) is 7.02. The van der Waals surface area contributed by atoms with Crippen LogP contribution >= 0.6 is 11.3 Å². The summed E-state index contributed by atoms with van der Waals surface area (Å²) in [7, 11) is -3.48. The van der Waals surface area contributed by atoms with E-state index >= 15 is 0 Å². The average Bonchev–Trinajstić information content (AvgIpc) is 3.10. The van der Waals surface area contributed by atoms with Gasteiger partial charge in [-0.2, -0.15) is 4.31 Å². The van der Waals surface area contributed by atoms with Crippen molar-refractivity contribution in [2.24, 2.45) is 0 Å². The highest BCUT2D eigenvalue weighted by atomic mass is 32.2. The van der Waals surface area contributed by atoms with Crippen LogP contribution in [0, 0.1) is 0 Å². The first-order chi connectivity index (χ1) is 12.8. The van der Waals surface area contributed by atoms with Crippen LogP contribution in [0.5, 0.6) is 0 Å². The molecule has 0 atom stereocenters. The van der Waals surface area contributed by atoms with Crippen LogP contribution in [-0.2, 0) is 14.8 Å². The van der Waals surface area contributed by atoms with E-state index < -0.39 is 10.0 Å². The lowest BCUT2D eigenvalue weighted by atomic mass is 10.2. The van der Waals surface area contributed by atoms with Gasteiger partial charge in [-0.3, -0.25) is 10.1 Å². The molecule has 0 bridgehead atoms. The number of carbonyl (C=O) groups is 1. The Bertz CT molecular complexity index is 899. The van der Waals surface area contributed by atoms with Gasteiger partial charge in [0, 0.05) is 25.1 Å². The van der Waals surface area contributed by atoms with Crippen molar-refractivity contribution in [3.63, 3.8) is 0 Å². The number of sulfonamides is 1. The zero-order valence-corrected chi connectivity index (χ0v) is 17.5. The number of carbonyl (C=O) groups excluding carboxylic acids is 1. The van der Waals surface area contributed by atoms with Crippen molar-refractivity contribution >= 4 is 38.5 Å². The van der Waals surface area contributed by atoms with E-state index in [1.165, 1.54) is 21.7 Å². The summed E-state index contributed by atoms with van der Waals surface area (Å²) in [4.78, 5) is 12.2. The summed E-state index contributed by atoms with van der Waals surface area (Å²) in [6.07, 6.45) is 3.00. The van der Waals surface area contributed by atoms with Gasteiger partial charge in [-0.05, 0) is 23.8 Å². The maximum atomic E-state index is 12.5. The van der Waals surface area contributed by atoms with Gasteiger partial charge in [-0.15, -0.1) is 10.2 Å². The third-order valence-electron chi connectivity index (χ3n) is 3.82. The molecule has 1 N–H and O–H groups in total. The van der Waals surface area contributed by atoms with Crippen molar-refractivity contribution in [3.8, 4) is 0 Å². The predicted octanol–water partition coefficient (Wildman–Crippen LogP) is 3.34. The first-order valence-corrected chi connectivity index (χ1v) is 11.0. The molecule has 0 aliphatic rings. The van der Waals surface area contributed by atoms with Gasteiger partial charge in [-0.25, -0.2) is 8.42 Å². The number of nitrogens with zero attached hydrogens (tertiary/aromatic N) is 3. The number of hydrogen-bond donors (Lipinski definition) is 1. The van der Waals surface area contributed by atoms with Crippen LogP contribution in [0.25, 0.3) is 6.08 Å². The van der Waals surface area contributed by atoms with Gasteiger partial charge >= 0.3 is 0 Å². The minimum Gasteiger partial charge on any atom is -0.297 e. The smallest absolute Gasteiger partial charge is 0.250 e. The van der Waals surface area contributed by atoms with E-state index in [0.717, 1.165) is 10.6 Å². The van der Waals surface area contributed by atoms with Crippen LogP contribution < -0.4 is 5.32 Å².